The number of rotatable bonds is 3. The lowest BCUT2D eigenvalue weighted by molar-refractivity contribution is -0.389. The third kappa shape index (κ3) is 3.38. The lowest BCUT2D eigenvalue weighted by Crippen LogP contribution is -2.40. The predicted molar refractivity (Wildman–Crippen MR) is 82.0 cm³/mol. The minimum absolute atomic E-state index is 0. The Morgan fingerprint density at radius 2 is 2.18 bits per heavy atom. The summed E-state index contributed by atoms with van der Waals surface area (Å²) in [5.41, 5.74) is 0. The molecular formula is C13H20ClN5O3. The highest BCUT2D eigenvalue weighted by Crippen LogP contribution is 2.21. The lowest BCUT2D eigenvalue weighted by Gasteiger charge is -2.24. The summed E-state index contributed by atoms with van der Waals surface area (Å²) in [6.07, 6.45) is 4.62. The number of aryl methyl sites for hydroxylation is 1. The van der Waals surface area contributed by atoms with Crippen molar-refractivity contribution in [1.82, 2.24) is 19.8 Å². The van der Waals surface area contributed by atoms with Gasteiger partial charge in [-0.2, -0.15) is 0 Å². The average Bonchev–Trinajstić information content (AvgIpc) is 2.93. The molecule has 2 aliphatic heterocycles. The molecule has 2 unspecified atom stereocenters. The van der Waals surface area contributed by atoms with Crippen LogP contribution in [0.15, 0.2) is 6.20 Å². The van der Waals surface area contributed by atoms with Gasteiger partial charge in [-0.1, -0.05) is 0 Å². The summed E-state index contributed by atoms with van der Waals surface area (Å²) in [5, 5.41) is 14.2. The fourth-order valence-electron chi connectivity index (χ4n) is 3.15. The predicted octanol–water partition coefficient (Wildman–Crippen LogP) is 0.874. The number of amides is 1. The van der Waals surface area contributed by atoms with Crippen LogP contribution in [0.1, 0.15) is 25.1 Å². The smallest absolute Gasteiger partial charge is 0.358 e. The topological polar surface area (TPSA) is 93.3 Å². The van der Waals surface area contributed by atoms with Crippen LogP contribution in [0.25, 0.3) is 0 Å². The molecule has 0 radical (unpaired) electrons. The number of carbonyl (C=O) groups excluding carboxylic acids is 1. The van der Waals surface area contributed by atoms with E-state index in [1.807, 2.05) is 4.90 Å². The van der Waals surface area contributed by atoms with Crippen molar-refractivity contribution >= 4 is 24.1 Å². The second-order valence-electron chi connectivity index (χ2n) is 5.80. The minimum atomic E-state index is -0.539. The molecular weight excluding hydrogens is 310 g/mol. The Hall–Kier alpha value is -1.67. The standard InChI is InChI=1S/C13H19N5O3.ClH/c1-9-14-12(18(20)21)7-17(9)8-13(19)16-5-4-10-2-3-11(6-16)15-10;/h7,10-11,15H,2-6,8H2,1H3;1H. The Kier molecular flexibility index (Phi) is 5.02. The Morgan fingerprint density at radius 1 is 1.45 bits per heavy atom. The highest BCUT2D eigenvalue weighted by molar-refractivity contribution is 5.85. The molecule has 1 aromatic heterocycles. The van der Waals surface area contributed by atoms with Crippen molar-refractivity contribution in [2.24, 2.45) is 0 Å². The van der Waals surface area contributed by atoms with Crippen LogP contribution in [-0.4, -0.2) is 50.5 Å². The molecule has 3 heterocycles. The number of fused-ring (bicyclic) bond motifs is 2. The van der Waals surface area contributed by atoms with Crippen LogP contribution in [0.5, 0.6) is 0 Å². The largest absolute Gasteiger partial charge is 0.381 e. The number of aromatic nitrogens is 2. The molecule has 3 rings (SSSR count). The second-order valence-corrected chi connectivity index (χ2v) is 5.80. The van der Waals surface area contributed by atoms with Gasteiger partial charge in [0.2, 0.25) is 11.7 Å². The quantitative estimate of drug-likeness (QED) is 0.656. The highest BCUT2D eigenvalue weighted by atomic mass is 35.5. The summed E-state index contributed by atoms with van der Waals surface area (Å²) >= 11 is 0. The van der Waals surface area contributed by atoms with E-state index in [9.17, 15) is 14.9 Å². The summed E-state index contributed by atoms with van der Waals surface area (Å²) < 4.78 is 1.55. The zero-order valence-electron chi connectivity index (χ0n) is 12.4. The number of nitrogens with one attached hydrogen (secondary N) is 1. The number of likely N-dealkylation sites (tertiary alicyclic amines) is 1. The maximum atomic E-state index is 12.4. The zero-order valence-corrected chi connectivity index (χ0v) is 13.2. The third-order valence-electron chi connectivity index (χ3n) is 4.33. The molecule has 1 aromatic rings. The molecule has 2 aliphatic rings. The summed E-state index contributed by atoms with van der Waals surface area (Å²) in [7, 11) is 0. The van der Waals surface area contributed by atoms with Crippen molar-refractivity contribution in [2.45, 2.75) is 44.8 Å². The first-order chi connectivity index (χ1) is 10.0. The summed E-state index contributed by atoms with van der Waals surface area (Å²) in [4.78, 5) is 28.3. The third-order valence-corrected chi connectivity index (χ3v) is 4.33. The number of halogens is 1. The van der Waals surface area contributed by atoms with Crippen LogP contribution in [0.2, 0.25) is 0 Å². The van der Waals surface area contributed by atoms with E-state index < -0.39 is 4.92 Å². The highest BCUT2D eigenvalue weighted by Gasteiger charge is 2.31. The molecule has 1 amide bonds. The van der Waals surface area contributed by atoms with E-state index in [0.29, 0.717) is 17.9 Å². The second kappa shape index (κ2) is 6.62. The summed E-state index contributed by atoms with van der Waals surface area (Å²) in [6.45, 7) is 3.27. The molecule has 8 nitrogen and oxygen atoms in total. The van der Waals surface area contributed by atoms with Gasteiger partial charge in [-0.25, -0.2) is 0 Å². The normalized spacial score (nSPS) is 23.8. The van der Waals surface area contributed by atoms with Gasteiger partial charge in [-0.05, 0) is 29.2 Å². The Morgan fingerprint density at radius 3 is 2.86 bits per heavy atom. The molecule has 2 bridgehead atoms. The van der Waals surface area contributed by atoms with Crippen LogP contribution in [0, 0.1) is 17.0 Å². The first-order valence-electron chi connectivity index (χ1n) is 7.25. The van der Waals surface area contributed by atoms with Crippen LogP contribution >= 0.6 is 12.4 Å². The van der Waals surface area contributed by atoms with Gasteiger partial charge >= 0.3 is 5.82 Å². The van der Waals surface area contributed by atoms with Crippen LogP contribution in [0.3, 0.4) is 0 Å². The molecule has 2 atom stereocenters. The van der Waals surface area contributed by atoms with Crippen molar-refractivity contribution in [2.75, 3.05) is 13.1 Å². The molecule has 0 aromatic carbocycles. The zero-order chi connectivity index (χ0) is 15.0. The van der Waals surface area contributed by atoms with E-state index in [2.05, 4.69) is 10.3 Å². The van der Waals surface area contributed by atoms with Gasteiger partial charge in [0.1, 0.15) is 12.7 Å². The monoisotopic (exact) mass is 329 g/mol. The Bertz CT molecular complexity index is 576. The maximum Gasteiger partial charge on any atom is 0.381 e. The van der Waals surface area contributed by atoms with E-state index in [1.54, 1.807) is 11.5 Å². The number of hydrogen-bond donors (Lipinski definition) is 1. The van der Waals surface area contributed by atoms with E-state index in [-0.39, 0.29) is 30.7 Å². The van der Waals surface area contributed by atoms with Crippen molar-refractivity contribution in [1.29, 1.82) is 0 Å². The van der Waals surface area contributed by atoms with Gasteiger partial charge in [0.25, 0.3) is 0 Å². The minimum Gasteiger partial charge on any atom is -0.358 e. The molecule has 0 saturated carbocycles. The Labute approximate surface area is 134 Å². The fourth-order valence-corrected chi connectivity index (χ4v) is 3.15. The van der Waals surface area contributed by atoms with E-state index in [1.165, 1.54) is 12.6 Å². The number of carbonyl (C=O) groups is 1. The van der Waals surface area contributed by atoms with Crippen LogP contribution < -0.4 is 5.32 Å². The molecule has 0 aliphatic carbocycles. The molecule has 9 heteroatoms. The van der Waals surface area contributed by atoms with Gasteiger partial charge in [-0.3, -0.25) is 9.36 Å². The first-order valence-corrected chi connectivity index (χ1v) is 7.25. The van der Waals surface area contributed by atoms with Crippen LogP contribution in [-0.2, 0) is 11.3 Å². The van der Waals surface area contributed by atoms with Crippen molar-refractivity contribution in [3.63, 3.8) is 0 Å². The van der Waals surface area contributed by atoms with Gasteiger partial charge in [0.15, 0.2) is 0 Å². The Balaban J connectivity index is 0.00000176. The molecule has 1 N–H and O–H groups in total. The van der Waals surface area contributed by atoms with Gasteiger partial charge in [-0.15, -0.1) is 12.4 Å². The van der Waals surface area contributed by atoms with Crippen molar-refractivity contribution < 1.29 is 9.72 Å². The van der Waals surface area contributed by atoms with E-state index in [0.717, 1.165) is 25.9 Å². The number of hydrogen-bond acceptors (Lipinski definition) is 5. The number of imidazole rings is 1. The van der Waals surface area contributed by atoms with Crippen molar-refractivity contribution in [3.05, 3.63) is 22.1 Å². The van der Waals surface area contributed by atoms with E-state index >= 15 is 0 Å². The molecule has 0 spiro atoms. The van der Waals surface area contributed by atoms with Gasteiger partial charge in [0, 0.05) is 32.1 Å². The van der Waals surface area contributed by atoms with E-state index in [4.69, 9.17) is 0 Å². The van der Waals surface area contributed by atoms with Crippen LogP contribution in [0.4, 0.5) is 5.82 Å². The molecule has 2 saturated heterocycles. The lowest BCUT2D eigenvalue weighted by atomic mass is 10.1. The summed E-state index contributed by atoms with van der Waals surface area (Å²) in [6, 6.07) is 0.920. The van der Waals surface area contributed by atoms with Gasteiger partial charge < -0.3 is 20.3 Å². The SMILES string of the molecule is Cc1nc([N+](=O)[O-])cn1CC(=O)N1CCC2CCC(C1)N2.Cl. The summed E-state index contributed by atoms with van der Waals surface area (Å²) in [5.74, 6) is 0.279. The molecule has 22 heavy (non-hydrogen) atoms. The van der Waals surface area contributed by atoms with Gasteiger partial charge in [0.05, 0.1) is 0 Å². The average molecular weight is 330 g/mol. The maximum absolute atomic E-state index is 12.4. The number of nitrogens with zero attached hydrogens (tertiary/aromatic N) is 4. The molecule has 122 valence electrons. The molecule has 2 fully saturated rings. The first kappa shape index (κ1) is 16.7. The number of nitro groups is 1. The fraction of sp³-hybridized carbons (Fsp3) is 0.692. The van der Waals surface area contributed by atoms with Crippen molar-refractivity contribution in [3.8, 4) is 0 Å².